The molecule has 5 heteroatoms. The minimum atomic E-state index is -0.516. The second kappa shape index (κ2) is 10.8. The molecule has 5 rings (SSSR count). The molecule has 0 saturated carbocycles. The molecule has 0 unspecified atom stereocenters. The van der Waals surface area contributed by atoms with Gasteiger partial charge in [0.15, 0.2) is 0 Å². The number of piperidine rings is 1. The van der Waals surface area contributed by atoms with E-state index in [1.807, 2.05) is 25.7 Å². The SMILES string of the molecule is COc1ccc([C@H]2C[C@H]3[C@H](CCCN3C(=O)OC(C)(C)C)[N+]2(Cc2ccccc2)Cc2ccccc2)cc1. The van der Waals surface area contributed by atoms with E-state index in [2.05, 4.69) is 84.9 Å². The van der Waals surface area contributed by atoms with Gasteiger partial charge in [-0.05, 0) is 51.5 Å². The Morgan fingerprint density at radius 3 is 2.00 bits per heavy atom. The number of carbonyl (C=O) groups is 1. The lowest BCUT2D eigenvalue weighted by Crippen LogP contribution is -2.59. The molecule has 3 aromatic carbocycles. The van der Waals surface area contributed by atoms with Crippen LogP contribution in [0.1, 0.15) is 62.8 Å². The van der Waals surface area contributed by atoms with Gasteiger partial charge in [0, 0.05) is 36.1 Å². The van der Waals surface area contributed by atoms with Crippen molar-refractivity contribution in [3.05, 3.63) is 102 Å². The van der Waals surface area contributed by atoms with Crippen LogP contribution in [0.15, 0.2) is 84.9 Å². The fraction of sp³-hybridized carbons (Fsp3) is 0.424. The first kappa shape index (κ1) is 26.3. The van der Waals surface area contributed by atoms with Gasteiger partial charge in [0.25, 0.3) is 0 Å². The van der Waals surface area contributed by atoms with Crippen molar-refractivity contribution < 1.29 is 18.8 Å². The largest absolute Gasteiger partial charge is 0.497 e. The summed E-state index contributed by atoms with van der Waals surface area (Å²) in [7, 11) is 1.71. The summed E-state index contributed by atoms with van der Waals surface area (Å²) in [6.45, 7) is 8.43. The molecule has 3 aromatic rings. The zero-order chi connectivity index (χ0) is 26.8. The smallest absolute Gasteiger partial charge is 0.410 e. The number of likely N-dealkylation sites (tertiary alicyclic amines) is 2. The number of fused-ring (bicyclic) bond motifs is 1. The Bertz CT molecular complexity index is 1160. The average molecular weight is 514 g/mol. The van der Waals surface area contributed by atoms with E-state index in [4.69, 9.17) is 9.47 Å². The monoisotopic (exact) mass is 513 g/mol. The predicted molar refractivity (Wildman–Crippen MR) is 151 cm³/mol. The number of benzene rings is 3. The predicted octanol–water partition coefficient (Wildman–Crippen LogP) is 7.13. The summed E-state index contributed by atoms with van der Waals surface area (Å²) in [6, 6.07) is 31.0. The Kier molecular flexibility index (Phi) is 7.49. The number of rotatable bonds is 6. The van der Waals surface area contributed by atoms with Crippen molar-refractivity contribution in [2.45, 2.75) is 76.8 Å². The molecule has 2 saturated heterocycles. The van der Waals surface area contributed by atoms with Crippen LogP contribution in [-0.4, -0.2) is 46.8 Å². The van der Waals surface area contributed by atoms with Crippen LogP contribution in [0.2, 0.25) is 0 Å². The van der Waals surface area contributed by atoms with E-state index in [9.17, 15) is 4.79 Å². The van der Waals surface area contributed by atoms with Crippen molar-refractivity contribution >= 4 is 6.09 Å². The maximum atomic E-state index is 13.5. The summed E-state index contributed by atoms with van der Waals surface area (Å²) in [6.07, 6.45) is 2.81. The number of quaternary nitrogens is 1. The van der Waals surface area contributed by atoms with Gasteiger partial charge in [0.05, 0.1) is 13.2 Å². The standard InChI is InChI=1S/C33H41N2O3/c1-33(2,3)38-32(36)34-21-11-16-30-29(34)22-31(27-17-19-28(37-4)20-18-27)35(30,23-25-12-7-5-8-13-25)24-26-14-9-6-10-15-26/h5-10,12-15,17-20,29-31H,11,16,21-24H2,1-4H3/q+1/t29-,30-,31+/m0/s1. The molecule has 0 radical (unpaired) electrons. The summed E-state index contributed by atoms with van der Waals surface area (Å²) in [5, 5.41) is 0. The van der Waals surface area contributed by atoms with Gasteiger partial charge in [-0.15, -0.1) is 0 Å². The van der Waals surface area contributed by atoms with Crippen molar-refractivity contribution in [2.24, 2.45) is 0 Å². The highest BCUT2D eigenvalue weighted by molar-refractivity contribution is 5.69. The summed E-state index contributed by atoms with van der Waals surface area (Å²) >= 11 is 0. The van der Waals surface area contributed by atoms with Crippen LogP contribution in [0.4, 0.5) is 4.79 Å². The average Bonchev–Trinajstić information content (AvgIpc) is 3.22. The number of hydrogen-bond donors (Lipinski definition) is 0. The Balaban J connectivity index is 1.62. The van der Waals surface area contributed by atoms with E-state index in [0.29, 0.717) is 6.04 Å². The van der Waals surface area contributed by atoms with Crippen LogP contribution in [0, 0.1) is 0 Å². The van der Waals surface area contributed by atoms with E-state index in [-0.39, 0.29) is 18.2 Å². The van der Waals surface area contributed by atoms with Gasteiger partial charge < -0.3 is 14.0 Å². The lowest BCUT2D eigenvalue weighted by atomic mass is 9.95. The van der Waals surface area contributed by atoms with Crippen LogP contribution in [0.25, 0.3) is 0 Å². The highest BCUT2D eigenvalue weighted by Crippen LogP contribution is 2.51. The topological polar surface area (TPSA) is 38.8 Å². The molecule has 3 atom stereocenters. The second-order valence-corrected chi connectivity index (χ2v) is 11.9. The number of amides is 1. The van der Waals surface area contributed by atoms with Gasteiger partial charge in [0.1, 0.15) is 36.5 Å². The molecule has 5 nitrogen and oxygen atoms in total. The molecule has 0 aliphatic carbocycles. The van der Waals surface area contributed by atoms with E-state index in [1.165, 1.54) is 16.7 Å². The van der Waals surface area contributed by atoms with Crippen LogP contribution >= 0.6 is 0 Å². The zero-order valence-electron chi connectivity index (χ0n) is 23.2. The van der Waals surface area contributed by atoms with Crippen LogP contribution in [0.3, 0.4) is 0 Å². The maximum Gasteiger partial charge on any atom is 0.410 e. The molecule has 200 valence electrons. The van der Waals surface area contributed by atoms with E-state index in [0.717, 1.165) is 49.1 Å². The molecule has 0 aromatic heterocycles. The Morgan fingerprint density at radius 2 is 1.47 bits per heavy atom. The molecule has 1 amide bonds. The highest BCUT2D eigenvalue weighted by atomic mass is 16.6. The van der Waals surface area contributed by atoms with Crippen LogP contribution < -0.4 is 4.74 Å². The molecular formula is C33H41N2O3+. The molecule has 2 aliphatic rings. The summed E-state index contributed by atoms with van der Waals surface area (Å²) in [4.78, 5) is 15.5. The fourth-order valence-corrected chi connectivity index (χ4v) is 6.75. The third-order valence-electron chi connectivity index (χ3n) is 8.26. The van der Waals surface area contributed by atoms with Gasteiger partial charge in [-0.3, -0.25) is 4.90 Å². The molecule has 0 spiro atoms. The fourth-order valence-electron chi connectivity index (χ4n) is 6.75. The van der Waals surface area contributed by atoms with Gasteiger partial charge in [-0.2, -0.15) is 0 Å². The molecule has 0 bridgehead atoms. The third kappa shape index (κ3) is 5.44. The molecule has 0 N–H and O–H groups in total. The first-order chi connectivity index (χ1) is 18.3. The molecule has 38 heavy (non-hydrogen) atoms. The van der Waals surface area contributed by atoms with Crippen molar-refractivity contribution in [1.82, 2.24) is 4.90 Å². The number of ether oxygens (including phenoxy) is 2. The van der Waals surface area contributed by atoms with Gasteiger partial charge in [-0.1, -0.05) is 60.7 Å². The summed E-state index contributed by atoms with van der Waals surface area (Å²) in [5.74, 6) is 0.865. The first-order valence-corrected chi connectivity index (χ1v) is 13.9. The Hall–Kier alpha value is -3.31. The number of hydrogen-bond acceptors (Lipinski definition) is 3. The molecule has 2 heterocycles. The molecule has 2 aliphatic heterocycles. The molecular weight excluding hydrogens is 472 g/mol. The summed E-state index contributed by atoms with van der Waals surface area (Å²) in [5.41, 5.74) is 3.45. The van der Waals surface area contributed by atoms with Crippen LogP contribution in [-0.2, 0) is 17.8 Å². The lowest BCUT2D eigenvalue weighted by Gasteiger charge is -2.48. The number of carbonyl (C=O) groups excluding carboxylic acids is 1. The van der Waals surface area contributed by atoms with Crippen molar-refractivity contribution in [1.29, 1.82) is 0 Å². The van der Waals surface area contributed by atoms with Gasteiger partial charge >= 0.3 is 6.09 Å². The minimum Gasteiger partial charge on any atom is -0.497 e. The zero-order valence-corrected chi connectivity index (χ0v) is 23.2. The van der Waals surface area contributed by atoms with E-state index < -0.39 is 5.60 Å². The normalized spacial score (nSPS) is 22.5. The maximum absolute atomic E-state index is 13.5. The quantitative estimate of drug-likeness (QED) is 0.329. The van der Waals surface area contributed by atoms with Gasteiger partial charge in [-0.25, -0.2) is 4.79 Å². The van der Waals surface area contributed by atoms with Gasteiger partial charge in [0.2, 0.25) is 0 Å². The van der Waals surface area contributed by atoms with E-state index in [1.54, 1.807) is 7.11 Å². The highest BCUT2D eigenvalue weighted by Gasteiger charge is 2.59. The second-order valence-electron chi connectivity index (χ2n) is 11.9. The minimum absolute atomic E-state index is 0.123. The van der Waals surface area contributed by atoms with Crippen molar-refractivity contribution in [2.75, 3.05) is 13.7 Å². The van der Waals surface area contributed by atoms with Crippen molar-refractivity contribution in [3.8, 4) is 5.75 Å². The number of methoxy groups -OCH3 is 1. The Morgan fingerprint density at radius 1 is 0.895 bits per heavy atom. The Labute approximate surface area is 227 Å². The molecule has 2 fully saturated rings. The first-order valence-electron chi connectivity index (χ1n) is 13.9. The van der Waals surface area contributed by atoms with E-state index >= 15 is 0 Å². The van der Waals surface area contributed by atoms with Crippen LogP contribution in [0.5, 0.6) is 5.75 Å². The number of nitrogens with zero attached hydrogens (tertiary/aromatic N) is 2. The third-order valence-corrected chi connectivity index (χ3v) is 8.26. The lowest BCUT2D eigenvalue weighted by molar-refractivity contribution is -0.992. The van der Waals surface area contributed by atoms with Crippen molar-refractivity contribution in [3.63, 3.8) is 0 Å². The summed E-state index contributed by atoms with van der Waals surface area (Å²) < 4.78 is 12.3.